The second kappa shape index (κ2) is 5.19. The van der Waals surface area contributed by atoms with E-state index in [2.05, 4.69) is 4.98 Å². The molecule has 8 heteroatoms. The molecule has 104 valence electrons. The topological polar surface area (TPSA) is 117 Å². The van der Waals surface area contributed by atoms with Gasteiger partial charge in [0.25, 0.3) is 0 Å². The van der Waals surface area contributed by atoms with E-state index in [-0.39, 0.29) is 18.0 Å². The van der Waals surface area contributed by atoms with E-state index < -0.39 is 22.1 Å². The van der Waals surface area contributed by atoms with E-state index in [9.17, 15) is 20.0 Å². The highest BCUT2D eigenvalue weighted by molar-refractivity contribution is 5.88. The van der Waals surface area contributed by atoms with Crippen molar-refractivity contribution in [1.82, 2.24) is 4.98 Å². The number of carbonyl (C=O) groups is 1. The van der Waals surface area contributed by atoms with Crippen molar-refractivity contribution >= 4 is 17.5 Å². The highest BCUT2D eigenvalue weighted by Gasteiger charge is 2.30. The van der Waals surface area contributed by atoms with Crippen LogP contribution in [0.5, 0.6) is 0 Å². The number of nitro groups is 1. The SMILES string of the molecule is CN(c1ncc(C(=O)O)cc1[N+](=O)[O-])C(C)(C)CO. The average Bonchev–Trinajstić information content (AvgIpc) is 2.36. The molecule has 0 amide bonds. The van der Waals surface area contributed by atoms with Gasteiger partial charge in [-0.15, -0.1) is 0 Å². The first-order chi connectivity index (χ1) is 8.70. The number of pyridine rings is 1. The summed E-state index contributed by atoms with van der Waals surface area (Å²) in [6.07, 6.45) is 1.05. The molecular weight excluding hydrogens is 254 g/mol. The van der Waals surface area contributed by atoms with Crippen LogP contribution in [-0.4, -0.2) is 45.3 Å². The van der Waals surface area contributed by atoms with Crippen LogP contribution in [0, 0.1) is 10.1 Å². The fraction of sp³-hybridized carbons (Fsp3) is 0.455. The summed E-state index contributed by atoms with van der Waals surface area (Å²) in [4.78, 5) is 26.4. The summed E-state index contributed by atoms with van der Waals surface area (Å²) in [5, 5.41) is 29.1. The Morgan fingerprint density at radius 3 is 2.58 bits per heavy atom. The van der Waals surface area contributed by atoms with Crippen molar-refractivity contribution in [1.29, 1.82) is 0 Å². The molecule has 0 bridgehead atoms. The molecule has 0 aliphatic heterocycles. The van der Waals surface area contributed by atoms with Gasteiger partial charge in [0.05, 0.1) is 22.6 Å². The number of rotatable bonds is 5. The number of likely N-dealkylation sites (N-methyl/N-ethyl adjacent to an activating group) is 1. The zero-order valence-electron chi connectivity index (χ0n) is 10.8. The summed E-state index contributed by atoms with van der Waals surface area (Å²) in [7, 11) is 1.55. The minimum atomic E-state index is -1.29. The first-order valence-electron chi connectivity index (χ1n) is 5.43. The lowest BCUT2D eigenvalue weighted by Crippen LogP contribution is -2.45. The summed E-state index contributed by atoms with van der Waals surface area (Å²) in [5.74, 6) is -1.28. The third-order valence-electron chi connectivity index (χ3n) is 2.90. The maximum absolute atomic E-state index is 11.0. The van der Waals surface area contributed by atoms with Gasteiger partial charge >= 0.3 is 11.7 Å². The molecule has 0 unspecified atom stereocenters. The molecule has 1 aromatic rings. The Hall–Kier alpha value is -2.22. The lowest BCUT2D eigenvalue weighted by molar-refractivity contribution is -0.384. The summed E-state index contributed by atoms with van der Waals surface area (Å²) in [6.45, 7) is 3.13. The molecule has 0 aliphatic rings. The van der Waals surface area contributed by atoms with Crippen molar-refractivity contribution in [3.63, 3.8) is 0 Å². The molecule has 1 aromatic heterocycles. The van der Waals surface area contributed by atoms with Gasteiger partial charge in [-0.25, -0.2) is 9.78 Å². The van der Waals surface area contributed by atoms with E-state index in [4.69, 9.17) is 5.11 Å². The van der Waals surface area contributed by atoms with Gasteiger partial charge in [0, 0.05) is 19.3 Å². The molecule has 8 nitrogen and oxygen atoms in total. The molecule has 2 N–H and O–H groups in total. The van der Waals surface area contributed by atoms with E-state index in [0.717, 1.165) is 12.3 Å². The number of anilines is 1. The van der Waals surface area contributed by atoms with Crippen LogP contribution in [0.2, 0.25) is 0 Å². The molecule has 0 atom stereocenters. The minimum absolute atomic E-state index is 0.00838. The molecule has 0 saturated heterocycles. The molecule has 0 radical (unpaired) electrons. The van der Waals surface area contributed by atoms with E-state index in [1.54, 1.807) is 20.9 Å². The Morgan fingerprint density at radius 1 is 1.58 bits per heavy atom. The summed E-state index contributed by atoms with van der Waals surface area (Å²) < 4.78 is 0. The molecule has 19 heavy (non-hydrogen) atoms. The van der Waals surface area contributed by atoms with Crippen molar-refractivity contribution in [2.75, 3.05) is 18.6 Å². The second-order valence-electron chi connectivity index (χ2n) is 4.66. The van der Waals surface area contributed by atoms with E-state index >= 15 is 0 Å². The van der Waals surface area contributed by atoms with E-state index in [1.165, 1.54) is 4.90 Å². The van der Waals surface area contributed by atoms with Gasteiger partial charge in [-0.1, -0.05) is 0 Å². The first-order valence-corrected chi connectivity index (χ1v) is 5.43. The van der Waals surface area contributed by atoms with Gasteiger partial charge in [0.2, 0.25) is 5.82 Å². The first kappa shape index (κ1) is 14.8. The van der Waals surface area contributed by atoms with Crippen LogP contribution in [-0.2, 0) is 0 Å². The van der Waals surface area contributed by atoms with Crippen LogP contribution >= 0.6 is 0 Å². The molecule has 1 rings (SSSR count). The Morgan fingerprint density at radius 2 is 2.16 bits per heavy atom. The van der Waals surface area contributed by atoms with Crippen molar-refractivity contribution in [2.45, 2.75) is 19.4 Å². The smallest absolute Gasteiger partial charge is 0.337 e. The van der Waals surface area contributed by atoms with Crippen molar-refractivity contribution in [2.24, 2.45) is 0 Å². The molecule has 1 heterocycles. The monoisotopic (exact) mass is 269 g/mol. The maximum atomic E-state index is 11.0. The molecule has 0 aliphatic carbocycles. The normalized spacial score (nSPS) is 11.2. The molecule has 0 fully saturated rings. The van der Waals surface area contributed by atoms with Crippen LogP contribution in [0.1, 0.15) is 24.2 Å². The fourth-order valence-corrected chi connectivity index (χ4v) is 1.35. The summed E-state index contributed by atoms with van der Waals surface area (Å²) in [6, 6.07) is 0.953. The van der Waals surface area contributed by atoms with E-state index in [1.807, 2.05) is 0 Å². The fourth-order valence-electron chi connectivity index (χ4n) is 1.35. The zero-order chi connectivity index (χ0) is 14.8. The number of carboxylic acids is 1. The number of carboxylic acid groups (broad SMARTS) is 1. The second-order valence-corrected chi connectivity index (χ2v) is 4.66. The van der Waals surface area contributed by atoms with Gasteiger partial charge in [0.1, 0.15) is 0 Å². The van der Waals surface area contributed by atoms with Gasteiger partial charge < -0.3 is 15.1 Å². The number of aliphatic hydroxyl groups excluding tert-OH is 1. The largest absolute Gasteiger partial charge is 0.478 e. The Bertz CT molecular complexity index is 515. The van der Waals surface area contributed by atoms with Crippen LogP contribution in [0.25, 0.3) is 0 Å². The standard InChI is InChI=1S/C11H15N3O5/c1-11(2,6-15)13(3)9-8(14(18)19)4-7(5-12-9)10(16)17/h4-5,15H,6H2,1-3H3,(H,16,17). The van der Waals surface area contributed by atoms with Gasteiger partial charge in [-0.05, 0) is 13.8 Å². The highest BCUT2D eigenvalue weighted by Crippen LogP contribution is 2.30. The van der Waals surface area contributed by atoms with Crippen molar-refractivity contribution < 1.29 is 19.9 Å². The maximum Gasteiger partial charge on any atom is 0.337 e. The predicted molar refractivity (Wildman–Crippen MR) is 67.4 cm³/mol. The number of hydrogen-bond acceptors (Lipinski definition) is 6. The zero-order valence-corrected chi connectivity index (χ0v) is 10.8. The van der Waals surface area contributed by atoms with Crippen LogP contribution in [0.3, 0.4) is 0 Å². The molecule has 0 aromatic carbocycles. The Kier molecular flexibility index (Phi) is 4.05. The number of aromatic carboxylic acids is 1. The molecular formula is C11H15N3O5. The number of aliphatic hydroxyl groups is 1. The van der Waals surface area contributed by atoms with Gasteiger partial charge in [-0.2, -0.15) is 0 Å². The minimum Gasteiger partial charge on any atom is -0.478 e. The molecule has 0 spiro atoms. The highest BCUT2D eigenvalue weighted by atomic mass is 16.6. The number of hydrogen-bond donors (Lipinski definition) is 2. The lowest BCUT2D eigenvalue weighted by atomic mass is 10.0. The third-order valence-corrected chi connectivity index (χ3v) is 2.90. The van der Waals surface area contributed by atoms with Crippen LogP contribution in [0.15, 0.2) is 12.3 Å². The number of aromatic nitrogens is 1. The Balaban J connectivity index is 3.36. The number of nitrogens with zero attached hydrogens (tertiary/aromatic N) is 3. The van der Waals surface area contributed by atoms with Gasteiger partial charge in [-0.3, -0.25) is 10.1 Å². The predicted octanol–water partition coefficient (Wildman–Crippen LogP) is 0.895. The average molecular weight is 269 g/mol. The quantitative estimate of drug-likeness (QED) is 0.602. The van der Waals surface area contributed by atoms with Crippen molar-refractivity contribution in [3.05, 3.63) is 27.9 Å². The van der Waals surface area contributed by atoms with Crippen LogP contribution < -0.4 is 4.90 Å². The van der Waals surface area contributed by atoms with Gasteiger partial charge in [0.15, 0.2) is 0 Å². The summed E-state index contributed by atoms with van der Waals surface area (Å²) in [5.41, 5.74) is -1.43. The lowest BCUT2D eigenvalue weighted by Gasteiger charge is -2.34. The van der Waals surface area contributed by atoms with Crippen LogP contribution in [0.4, 0.5) is 11.5 Å². The molecule has 0 saturated carbocycles. The van der Waals surface area contributed by atoms with E-state index in [0.29, 0.717) is 0 Å². The Labute approximate surface area is 109 Å². The third kappa shape index (κ3) is 2.97. The summed E-state index contributed by atoms with van der Waals surface area (Å²) >= 11 is 0. The van der Waals surface area contributed by atoms with Crippen molar-refractivity contribution in [3.8, 4) is 0 Å².